The van der Waals surface area contributed by atoms with E-state index in [1.807, 2.05) is 23.6 Å². The highest BCUT2D eigenvalue weighted by atomic mass is 79.9. The first-order chi connectivity index (χ1) is 13.5. The second-order valence-corrected chi connectivity index (χ2v) is 8.44. The van der Waals surface area contributed by atoms with Crippen LogP contribution in [0.15, 0.2) is 52.3 Å². The quantitative estimate of drug-likeness (QED) is 0.403. The van der Waals surface area contributed by atoms with Gasteiger partial charge in [-0.3, -0.25) is 4.79 Å². The number of amides is 1. The van der Waals surface area contributed by atoms with Crippen LogP contribution < -0.4 is 10.1 Å². The van der Waals surface area contributed by atoms with Crippen molar-refractivity contribution in [2.45, 2.75) is 26.3 Å². The number of hydrogen-bond donors (Lipinski definition) is 1. The minimum absolute atomic E-state index is 0.0176. The number of nitrogens with one attached hydrogen (secondary N) is 1. The summed E-state index contributed by atoms with van der Waals surface area (Å²) in [5.41, 5.74) is 3.20. The Bertz CT molecular complexity index is 961. The van der Waals surface area contributed by atoms with Crippen molar-refractivity contribution in [2.24, 2.45) is 0 Å². The summed E-state index contributed by atoms with van der Waals surface area (Å²) in [5, 5.41) is 6.42. The van der Waals surface area contributed by atoms with Crippen molar-refractivity contribution in [1.82, 2.24) is 10.3 Å². The van der Waals surface area contributed by atoms with Crippen LogP contribution in [-0.2, 0) is 11.3 Å². The molecule has 1 N–H and O–H groups in total. The molecule has 3 rings (SSSR count). The third-order valence-corrected chi connectivity index (χ3v) is 5.81. The second kappa shape index (κ2) is 10.0. The molecule has 0 aliphatic rings. The topological polar surface area (TPSA) is 51.2 Å². The molecule has 0 aliphatic carbocycles. The summed E-state index contributed by atoms with van der Waals surface area (Å²) in [7, 11) is 0. The van der Waals surface area contributed by atoms with Crippen molar-refractivity contribution < 1.29 is 9.53 Å². The molecule has 1 heterocycles. The molecular formula is C21H20BrClN2O2S. The molecule has 28 heavy (non-hydrogen) atoms. The maximum Gasteiger partial charge on any atom is 0.220 e. The van der Waals surface area contributed by atoms with E-state index in [9.17, 15) is 4.79 Å². The average molecular weight is 480 g/mol. The first-order valence-electron chi connectivity index (χ1n) is 8.88. The van der Waals surface area contributed by atoms with E-state index in [1.54, 1.807) is 23.5 Å². The van der Waals surface area contributed by atoms with Crippen LogP contribution >= 0.6 is 38.9 Å². The fraction of sp³-hybridized carbons (Fsp3) is 0.238. The Balaban J connectivity index is 1.41. The number of aryl methyl sites for hydroxylation is 1. The Hall–Kier alpha value is -1.89. The van der Waals surface area contributed by atoms with E-state index in [0.29, 0.717) is 36.8 Å². The Morgan fingerprint density at radius 2 is 2.11 bits per heavy atom. The van der Waals surface area contributed by atoms with Gasteiger partial charge in [0.05, 0.1) is 23.9 Å². The average Bonchev–Trinajstić information content (AvgIpc) is 3.14. The van der Waals surface area contributed by atoms with Crippen LogP contribution in [0.25, 0.3) is 10.6 Å². The second-order valence-electron chi connectivity index (χ2n) is 6.26. The van der Waals surface area contributed by atoms with Crippen LogP contribution in [0.1, 0.15) is 24.1 Å². The van der Waals surface area contributed by atoms with Gasteiger partial charge < -0.3 is 10.1 Å². The van der Waals surface area contributed by atoms with E-state index >= 15 is 0 Å². The van der Waals surface area contributed by atoms with Crippen molar-refractivity contribution in [2.75, 3.05) is 6.61 Å². The van der Waals surface area contributed by atoms with Crippen LogP contribution in [0, 0.1) is 6.92 Å². The lowest BCUT2D eigenvalue weighted by molar-refractivity contribution is -0.121. The molecule has 0 saturated heterocycles. The predicted octanol–water partition coefficient (Wildman–Crippen LogP) is 6.01. The van der Waals surface area contributed by atoms with Gasteiger partial charge in [-0.1, -0.05) is 51.8 Å². The summed E-state index contributed by atoms with van der Waals surface area (Å²) in [6.45, 7) is 2.94. The number of carbonyl (C=O) groups is 1. The van der Waals surface area contributed by atoms with Gasteiger partial charge in [-0.2, -0.15) is 0 Å². The van der Waals surface area contributed by atoms with Gasteiger partial charge in [0.2, 0.25) is 5.91 Å². The number of ether oxygens (including phenoxy) is 1. The van der Waals surface area contributed by atoms with Crippen LogP contribution in [0.2, 0.25) is 5.02 Å². The highest BCUT2D eigenvalue weighted by molar-refractivity contribution is 9.10. The highest BCUT2D eigenvalue weighted by Crippen LogP contribution is 2.28. The SMILES string of the molecule is Cc1ccccc1-c1nc(CNC(=O)CCCOc2ccc(Br)cc2Cl)cs1. The van der Waals surface area contributed by atoms with Crippen molar-refractivity contribution >= 4 is 44.8 Å². The Morgan fingerprint density at radius 3 is 2.89 bits per heavy atom. The molecular weight excluding hydrogens is 460 g/mol. The van der Waals surface area contributed by atoms with Gasteiger partial charge in [0, 0.05) is 21.8 Å². The van der Waals surface area contributed by atoms with Gasteiger partial charge in [0.1, 0.15) is 10.8 Å². The van der Waals surface area contributed by atoms with E-state index < -0.39 is 0 Å². The lowest BCUT2D eigenvalue weighted by Gasteiger charge is -2.08. The number of carbonyl (C=O) groups excluding carboxylic acids is 1. The summed E-state index contributed by atoms with van der Waals surface area (Å²) >= 11 is 11.1. The first-order valence-corrected chi connectivity index (χ1v) is 10.9. The fourth-order valence-corrected chi connectivity index (χ4v) is 4.25. The maximum absolute atomic E-state index is 12.0. The minimum Gasteiger partial charge on any atom is -0.492 e. The van der Waals surface area contributed by atoms with E-state index in [4.69, 9.17) is 16.3 Å². The number of aromatic nitrogens is 1. The highest BCUT2D eigenvalue weighted by Gasteiger charge is 2.09. The minimum atomic E-state index is -0.0176. The third kappa shape index (κ3) is 5.80. The Morgan fingerprint density at radius 1 is 1.29 bits per heavy atom. The first kappa shape index (κ1) is 20.8. The molecule has 3 aromatic rings. The monoisotopic (exact) mass is 478 g/mol. The molecule has 0 atom stereocenters. The molecule has 0 unspecified atom stereocenters. The van der Waals surface area contributed by atoms with Gasteiger partial charge in [-0.15, -0.1) is 11.3 Å². The molecule has 146 valence electrons. The molecule has 0 spiro atoms. The van der Waals surface area contributed by atoms with E-state index in [-0.39, 0.29) is 5.91 Å². The molecule has 7 heteroatoms. The predicted molar refractivity (Wildman–Crippen MR) is 118 cm³/mol. The summed E-state index contributed by atoms with van der Waals surface area (Å²) < 4.78 is 6.52. The van der Waals surface area contributed by atoms with Crippen LogP contribution in [-0.4, -0.2) is 17.5 Å². The number of nitrogens with zero attached hydrogens (tertiary/aromatic N) is 1. The molecule has 0 fully saturated rings. The molecule has 0 radical (unpaired) electrons. The number of hydrogen-bond acceptors (Lipinski definition) is 4. The molecule has 0 bridgehead atoms. The zero-order valence-electron chi connectivity index (χ0n) is 15.4. The zero-order valence-corrected chi connectivity index (χ0v) is 18.5. The zero-order chi connectivity index (χ0) is 19.9. The summed E-state index contributed by atoms with van der Waals surface area (Å²) in [6, 6.07) is 13.6. The largest absolute Gasteiger partial charge is 0.492 e. The molecule has 0 saturated carbocycles. The smallest absolute Gasteiger partial charge is 0.220 e. The lowest BCUT2D eigenvalue weighted by Crippen LogP contribution is -2.23. The standard InChI is InChI=1S/C21H20BrClN2O2S/c1-14-5-2-3-6-17(14)21-25-16(13-28-21)12-24-20(26)7-4-10-27-19-9-8-15(22)11-18(19)23/h2-3,5-6,8-9,11,13H,4,7,10,12H2,1H3,(H,24,26). The number of halogens is 2. The van der Waals surface area contributed by atoms with Crippen molar-refractivity contribution in [3.63, 3.8) is 0 Å². The van der Waals surface area contributed by atoms with Crippen molar-refractivity contribution in [3.05, 3.63) is 68.6 Å². The van der Waals surface area contributed by atoms with E-state index in [2.05, 4.69) is 45.3 Å². The maximum atomic E-state index is 12.0. The number of benzene rings is 2. The Kier molecular flexibility index (Phi) is 7.48. The van der Waals surface area contributed by atoms with Gasteiger partial charge >= 0.3 is 0 Å². The number of thiazole rings is 1. The third-order valence-electron chi connectivity index (χ3n) is 4.09. The van der Waals surface area contributed by atoms with Crippen molar-refractivity contribution in [1.29, 1.82) is 0 Å². The summed E-state index contributed by atoms with van der Waals surface area (Å²) in [5.74, 6) is 0.604. The van der Waals surface area contributed by atoms with Crippen LogP contribution in [0.3, 0.4) is 0 Å². The molecule has 2 aromatic carbocycles. The summed E-state index contributed by atoms with van der Waals surface area (Å²) in [4.78, 5) is 16.7. The van der Waals surface area contributed by atoms with Gasteiger partial charge in [0.25, 0.3) is 0 Å². The van der Waals surface area contributed by atoms with Crippen LogP contribution in [0.5, 0.6) is 5.75 Å². The molecule has 0 aliphatic heterocycles. The van der Waals surface area contributed by atoms with Crippen molar-refractivity contribution in [3.8, 4) is 16.3 Å². The van der Waals surface area contributed by atoms with Crippen LogP contribution in [0.4, 0.5) is 0 Å². The Labute approximate surface area is 182 Å². The van der Waals surface area contributed by atoms with Gasteiger partial charge in [0.15, 0.2) is 0 Å². The number of rotatable bonds is 8. The lowest BCUT2D eigenvalue weighted by atomic mass is 10.1. The van der Waals surface area contributed by atoms with Gasteiger partial charge in [-0.25, -0.2) is 4.98 Å². The molecule has 1 aromatic heterocycles. The van der Waals surface area contributed by atoms with Gasteiger partial charge in [-0.05, 0) is 37.1 Å². The molecule has 1 amide bonds. The van der Waals surface area contributed by atoms with E-state index in [1.165, 1.54) is 5.56 Å². The summed E-state index contributed by atoms with van der Waals surface area (Å²) in [6.07, 6.45) is 1.01. The molecule has 4 nitrogen and oxygen atoms in total. The fourth-order valence-electron chi connectivity index (χ4n) is 2.61. The normalized spacial score (nSPS) is 10.7. The van der Waals surface area contributed by atoms with E-state index in [0.717, 1.165) is 20.7 Å².